The van der Waals surface area contributed by atoms with Crippen molar-refractivity contribution < 1.29 is 32.6 Å². The normalized spacial score (nSPS) is 14.0. The molecule has 0 radical (unpaired) electrons. The Morgan fingerprint density at radius 3 is 2.33 bits per heavy atom. The Morgan fingerprint density at radius 2 is 1.80 bits per heavy atom. The van der Waals surface area contributed by atoms with Gasteiger partial charge >= 0.3 is 7.75 Å². The zero-order valence-corrected chi connectivity index (χ0v) is 20.8. The van der Waals surface area contributed by atoms with Crippen LogP contribution in [0.1, 0.15) is 39.5 Å². The van der Waals surface area contributed by atoms with Crippen LogP contribution in [0.3, 0.4) is 0 Å². The number of hydrogen-bond acceptors (Lipinski definition) is 7. The van der Waals surface area contributed by atoms with E-state index in [9.17, 15) is 4.57 Å². The Labute approximate surface area is 186 Å². The molecule has 1 aromatic carbocycles. The molecule has 176 valence electrons. The van der Waals surface area contributed by atoms with Crippen molar-refractivity contribution in [2.45, 2.75) is 34.0 Å². The third-order valence-corrected chi connectivity index (χ3v) is 5.61. The second-order valence-corrected chi connectivity index (χ2v) is 8.33. The molecule has 2 unspecified atom stereocenters. The maximum atomic E-state index is 12.5. The Kier molecular flexibility index (Phi) is 16.5. The number of ether oxygens (including phenoxy) is 4. The van der Waals surface area contributed by atoms with E-state index in [4.69, 9.17) is 39.6 Å². The summed E-state index contributed by atoms with van der Waals surface area (Å²) in [6.45, 7) is 9.81. The summed E-state index contributed by atoms with van der Waals surface area (Å²) in [7, 11) is 1.02. The van der Waals surface area contributed by atoms with Gasteiger partial charge in [0, 0.05) is 46.0 Å². The molecule has 2 atom stereocenters. The Hall–Kier alpha value is -0.700. The van der Waals surface area contributed by atoms with Crippen LogP contribution >= 0.6 is 19.3 Å². The van der Waals surface area contributed by atoms with E-state index >= 15 is 0 Å². The van der Waals surface area contributed by atoms with E-state index in [0.717, 1.165) is 0 Å². The Bertz CT molecular complexity index is 617. The fraction of sp³-hybridized carbons (Fsp3) is 0.700. The van der Waals surface area contributed by atoms with Gasteiger partial charge in [-0.05, 0) is 25.1 Å². The molecule has 8 nitrogen and oxygen atoms in total. The van der Waals surface area contributed by atoms with Crippen LogP contribution in [-0.2, 0) is 27.8 Å². The minimum Gasteiger partial charge on any atom is -0.492 e. The van der Waals surface area contributed by atoms with Crippen molar-refractivity contribution in [1.29, 1.82) is 0 Å². The van der Waals surface area contributed by atoms with Crippen molar-refractivity contribution in [2.24, 2.45) is 5.92 Å². The van der Waals surface area contributed by atoms with Crippen LogP contribution in [0.5, 0.6) is 5.75 Å². The summed E-state index contributed by atoms with van der Waals surface area (Å²) in [5, 5.41) is 3.23. The van der Waals surface area contributed by atoms with Gasteiger partial charge in [0.1, 0.15) is 12.4 Å². The summed E-state index contributed by atoms with van der Waals surface area (Å²) in [4.78, 5) is 0. The van der Waals surface area contributed by atoms with Gasteiger partial charge in [-0.25, -0.2) is 9.65 Å². The summed E-state index contributed by atoms with van der Waals surface area (Å²) in [5.41, 5.74) is 0.704. The summed E-state index contributed by atoms with van der Waals surface area (Å²) in [6.07, 6.45) is -0.543. The minimum absolute atomic E-state index is 0.102. The van der Waals surface area contributed by atoms with Crippen LogP contribution < -0.4 is 9.82 Å². The third kappa shape index (κ3) is 11.1. The fourth-order valence-electron chi connectivity index (χ4n) is 2.25. The maximum Gasteiger partial charge on any atom is 0.405 e. The first kappa shape index (κ1) is 29.3. The van der Waals surface area contributed by atoms with Gasteiger partial charge in [-0.1, -0.05) is 32.4 Å². The number of nitrogens with one attached hydrogen (secondary N) is 1. The lowest BCUT2D eigenvalue weighted by Gasteiger charge is -2.20. The second-order valence-electron chi connectivity index (χ2n) is 5.98. The molecule has 0 heterocycles. The number of hydrogen-bond donors (Lipinski definition) is 1. The van der Waals surface area contributed by atoms with Gasteiger partial charge in [-0.15, -0.1) is 0 Å². The van der Waals surface area contributed by atoms with Gasteiger partial charge in [0.2, 0.25) is 0 Å². The van der Waals surface area contributed by atoms with Crippen molar-refractivity contribution in [1.82, 2.24) is 5.09 Å². The molecule has 0 aliphatic heterocycles. The predicted octanol–water partition coefficient (Wildman–Crippen LogP) is 5.07. The van der Waals surface area contributed by atoms with Crippen LogP contribution in [0.25, 0.3) is 0 Å². The largest absolute Gasteiger partial charge is 0.492 e. The summed E-state index contributed by atoms with van der Waals surface area (Å²) >= 11 is 6.25. The van der Waals surface area contributed by atoms with Crippen LogP contribution in [0.15, 0.2) is 18.2 Å². The molecule has 1 N–H and O–H groups in total. The molecule has 30 heavy (non-hydrogen) atoms. The molecule has 0 bridgehead atoms. The number of methoxy groups -OCH3 is 2. The van der Waals surface area contributed by atoms with Crippen LogP contribution in [-0.4, -0.2) is 54.3 Å². The monoisotopic (exact) mass is 469 g/mol. The third-order valence-electron chi connectivity index (χ3n) is 3.71. The topological polar surface area (TPSA) is 84.5 Å². The first-order chi connectivity index (χ1) is 14.4. The molecule has 0 aliphatic rings. The van der Waals surface area contributed by atoms with Crippen molar-refractivity contribution in [3.63, 3.8) is 0 Å². The highest BCUT2D eigenvalue weighted by atomic mass is 35.5. The van der Waals surface area contributed by atoms with Crippen LogP contribution in [0.4, 0.5) is 0 Å². The van der Waals surface area contributed by atoms with Crippen molar-refractivity contribution >= 4 is 19.3 Å². The molecular formula is C20H37ClNO7P. The minimum atomic E-state index is -3.39. The molecule has 0 aromatic heterocycles. The van der Waals surface area contributed by atoms with E-state index < -0.39 is 14.0 Å². The van der Waals surface area contributed by atoms with Gasteiger partial charge in [0.15, 0.2) is 6.29 Å². The van der Waals surface area contributed by atoms with E-state index in [1.54, 1.807) is 18.2 Å². The summed E-state index contributed by atoms with van der Waals surface area (Å²) in [6, 6.07) is 5.20. The average Bonchev–Trinajstić information content (AvgIpc) is 2.77. The molecule has 0 aliphatic carbocycles. The van der Waals surface area contributed by atoms with Gasteiger partial charge in [-0.3, -0.25) is 4.52 Å². The molecule has 1 rings (SSSR count). The smallest absolute Gasteiger partial charge is 0.405 e. The molecule has 0 fully saturated rings. The predicted molar refractivity (Wildman–Crippen MR) is 119 cm³/mol. The van der Waals surface area contributed by atoms with E-state index in [0.29, 0.717) is 29.5 Å². The highest BCUT2D eigenvalue weighted by Crippen LogP contribution is 2.42. The van der Waals surface area contributed by atoms with Crippen molar-refractivity contribution in [3.05, 3.63) is 28.8 Å². The van der Waals surface area contributed by atoms with E-state index in [1.165, 1.54) is 21.3 Å². The fourth-order valence-corrected chi connectivity index (χ4v) is 3.65. The molecule has 0 saturated carbocycles. The number of benzene rings is 1. The molecule has 1 aromatic rings. The standard InChI is InChI=1S/C18H31ClNO7P.C2H6/c1-6-25-12-14(2)13-27-28(21,24-5)20-9-10-26-15-7-8-16(17(19)11-15)18(22-3)23-4;1-2/h7-8,11,14,18H,6,9-10,12-13H2,1-5H3,(H,20,21);1-2H3. The zero-order chi connectivity index (χ0) is 23.0. The molecule has 0 amide bonds. The highest BCUT2D eigenvalue weighted by Gasteiger charge is 2.23. The lowest BCUT2D eigenvalue weighted by Crippen LogP contribution is -2.22. The number of rotatable bonds is 15. The van der Waals surface area contributed by atoms with Crippen LogP contribution in [0, 0.1) is 5.92 Å². The van der Waals surface area contributed by atoms with Gasteiger partial charge in [0.05, 0.1) is 18.2 Å². The van der Waals surface area contributed by atoms with Gasteiger partial charge < -0.3 is 23.5 Å². The molecular weight excluding hydrogens is 433 g/mol. The summed E-state index contributed by atoms with van der Waals surface area (Å²) in [5.74, 6) is 0.671. The van der Waals surface area contributed by atoms with Crippen molar-refractivity contribution in [2.75, 3.05) is 54.3 Å². The van der Waals surface area contributed by atoms with E-state index in [1.807, 2.05) is 27.7 Å². The Balaban J connectivity index is 0.00000407. The number of halogens is 1. The molecule has 10 heteroatoms. The SMILES string of the molecule is CC.CCOCC(C)COP(=O)(NCCOc1ccc(C(OC)OC)c(Cl)c1)OC. The molecule has 0 saturated heterocycles. The lowest BCUT2D eigenvalue weighted by atomic mass is 10.2. The second kappa shape index (κ2) is 16.9. The van der Waals surface area contributed by atoms with Crippen molar-refractivity contribution in [3.8, 4) is 5.75 Å². The summed E-state index contributed by atoms with van der Waals surface area (Å²) < 4.78 is 44.3. The van der Waals surface area contributed by atoms with Crippen LogP contribution in [0.2, 0.25) is 5.02 Å². The van der Waals surface area contributed by atoms with E-state index in [2.05, 4.69) is 5.09 Å². The van der Waals surface area contributed by atoms with Gasteiger partial charge in [0.25, 0.3) is 0 Å². The average molecular weight is 470 g/mol. The van der Waals surface area contributed by atoms with E-state index in [-0.39, 0.29) is 25.7 Å². The zero-order valence-electron chi connectivity index (χ0n) is 19.1. The lowest BCUT2D eigenvalue weighted by molar-refractivity contribution is -0.105. The first-order valence-electron chi connectivity index (χ1n) is 10.00. The Morgan fingerprint density at radius 1 is 1.13 bits per heavy atom. The molecule has 0 spiro atoms. The highest BCUT2D eigenvalue weighted by molar-refractivity contribution is 7.51. The quantitative estimate of drug-likeness (QED) is 0.216. The maximum absolute atomic E-state index is 12.5. The van der Waals surface area contributed by atoms with Gasteiger partial charge in [-0.2, -0.15) is 0 Å². The first-order valence-corrected chi connectivity index (χ1v) is 11.9.